The Morgan fingerprint density at radius 3 is 2.50 bits per heavy atom. The highest BCUT2D eigenvalue weighted by Crippen LogP contribution is 1.86. The SMILES string of the molecule is CNC(=O)C[C@@H](C)O. The summed E-state index contributed by atoms with van der Waals surface area (Å²) < 4.78 is 0. The molecule has 0 heterocycles. The zero-order valence-electron chi connectivity index (χ0n) is 5.14. The number of aliphatic hydroxyl groups is 1. The Balaban J connectivity index is 3.25. The van der Waals surface area contributed by atoms with E-state index in [0.717, 1.165) is 0 Å². The molecule has 0 aromatic heterocycles. The predicted octanol–water partition coefficient (Wildman–Crippen LogP) is -0.497. The maximum absolute atomic E-state index is 10.4. The predicted molar refractivity (Wildman–Crippen MR) is 30.4 cm³/mol. The molecule has 0 fully saturated rings. The minimum atomic E-state index is -0.532. The Morgan fingerprint density at radius 1 is 1.88 bits per heavy atom. The van der Waals surface area contributed by atoms with Crippen LogP contribution in [0.5, 0.6) is 0 Å². The molecule has 0 rings (SSSR count). The van der Waals surface area contributed by atoms with Gasteiger partial charge in [0.2, 0.25) is 5.91 Å². The van der Waals surface area contributed by atoms with Crippen molar-refractivity contribution in [3.8, 4) is 0 Å². The largest absolute Gasteiger partial charge is 0.393 e. The van der Waals surface area contributed by atoms with Crippen molar-refractivity contribution in [3.05, 3.63) is 0 Å². The maximum Gasteiger partial charge on any atom is 0.222 e. The van der Waals surface area contributed by atoms with Gasteiger partial charge < -0.3 is 10.4 Å². The number of carbonyl (C=O) groups is 1. The molecule has 0 aliphatic heterocycles. The van der Waals surface area contributed by atoms with Gasteiger partial charge in [-0.05, 0) is 6.92 Å². The van der Waals surface area contributed by atoms with Gasteiger partial charge in [0.25, 0.3) is 0 Å². The van der Waals surface area contributed by atoms with Gasteiger partial charge in [-0.2, -0.15) is 0 Å². The van der Waals surface area contributed by atoms with E-state index in [1.807, 2.05) is 0 Å². The summed E-state index contributed by atoms with van der Waals surface area (Å²) in [6.07, 6.45) is -0.341. The lowest BCUT2D eigenvalue weighted by molar-refractivity contribution is -0.122. The summed E-state index contributed by atoms with van der Waals surface area (Å²) in [6.45, 7) is 1.58. The van der Waals surface area contributed by atoms with Crippen LogP contribution in [0.15, 0.2) is 0 Å². The fourth-order valence-corrected chi connectivity index (χ4v) is 0.370. The molecule has 0 unspecified atom stereocenters. The molecule has 0 aliphatic rings. The normalized spacial score (nSPS) is 12.9. The molecule has 3 heteroatoms. The highest BCUT2D eigenvalue weighted by atomic mass is 16.3. The summed E-state index contributed by atoms with van der Waals surface area (Å²) in [5.74, 6) is -0.125. The van der Waals surface area contributed by atoms with E-state index < -0.39 is 6.10 Å². The van der Waals surface area contributed by atoms with E-state index in [-0.39, 0.29) is 12.3 Å². The molecule has 3 nitrogen and oxygen atoms in total. The van der Waals surface area contributed by atoms with Gasteiger partial charge in [-0.25, -0.2) is 0 Å². The van der Waals surface area contributed by atoms with Crippen molar-refractivity contribution in [2.45, 2.75) is 19.4 Å². The molecule has 0 aromatic rings. The van der Waals surface area contributed by atoms with Crippen LogP contribution in [-0.4, -0.2) is 24.2 Å². The number of rotatable bonds is 2. The van der Waals surface area contributed by atoms with Crippen molar-refractivity contribution in [1.29, 1.82) is 0 Å². The van der Waals surface area contributed by atoms with E-state index in [2.05, 4.69) is 5.32 Å². The molecule has 48 valence electrons. The van der Waals surface area contributed by atoms with Crippen molar-refractivity contribution in [2.75, 3.05) is 7.05 Å². The fraction of sp³-hybridized carbons (Fsp3) is 0.800. The highest BCUT2D eigenvalue weighted by Gasteiger charge is 2.00. The third-order valence-electron chi connectivity index (χ3n) is 0.760. The fourth-order valence-electron chi connectivity index (χ4n) is 0.370. The van der Waals surface area contributed by atoms with Gasteiger partial charge >= 0.3 is 0 Å². The first-order chi connectivity index (χ1) is 3.66. The molecule has 1 amide bonds. The molecule has 0 radical (unpaired) electrons. The van der Waals surface area contributed by atoms with Crippen LogP contribution < -0.4 is 5.32 Å². The van der Waals surface area contributed by atoms with Gasteiger partial charge in [0, 0.05) is 7.05 Å². The zero-order valence-corrected chi connectivity index (χ0v) is 5.14. The standard InChI is InChI=1S/C5H11NO2/c1-4(7)3-5(8)6-2/h4,7H,3H2,1-2H3,(H,6,8)/t4-/m1/s1. The average Bonchev–Trinajstić information content (AvgIpc) is 1.65. The first-order valence-electron chi connectivity index (χ1n) is 2.55. The van der Waals surface area contributed by atoms with Crippen LogP contribution in [0.4, 0.5) is 0 Å². The lowest BCUT2D eigenvalue weighted by atomic mass is 10.3. The Labute approximate surface area is 48.7 Å². The first-order valence-corrected chi connectivity index (χ1v) is 2.55. The number of nitrogens with one attached hydrogen (secondary N) is 1. The van der Waals surface area contributed by atoms with Crippen LogP contribution in [0.3, 0.4) is 0 Å². The Hall–Kier alpha value is -0.570. The molecule has 0 saturated carbocycles. The number of aliphatic hydroxyl groups excluding tert-OH is 1. The topological polar surface area (TPSA) is 49.3 Å². The summed E-state index contributed by atoms with van der Waals surface area (Å²) in [5.41, 5.74) is 0. The summed E-state index contributed by atoms with van der Waals surface area (Å²) >= 11 is 0. The third kappa shape index (κ3) is 3.61. The van der Waals surface area contributed by atoms with Crippen LogP contribution >= 0.6 is 0 Å². The van der Waals surface area contributed by atoms with Gasteiger partial charge in [-0.3, -0.25) is 4.79 Å². The second-order valence-electron chi connectivity index (χ2n) is 1.73. The summed E-state index contributed by atoms with van der Waals surface area (Å²) in [4.78, 5) is 10.4. The van der Waals surface area contributed by atoms with Crippen molar-refractivity contribution in [3.63, 3.8) is 0 Å². The number of amides is 1. The number of carbonyl (C=O) groups excluding carboxylic acids is 1. The summed E-state index contributed by atoms with van der Waals surface area (Å²) in [6, 6.07) is 0. The summed E-state index contributed by atoms with van der Waals surface area (Å²) in [5, 5.41) is 11.0. The second kappa shape index (κ2) is 3.43. The molecular formula is C5H11NO2. The van der Waals surface area contributed by atoms with Crippen LogP contribution in [0.1, 0.15) is 13.3 Å². The Bertz CT molecular complexity index is 80.5. The Kier molecular flexibility index (Phi) is 3.19. The molecular weight excluding hydrogens is 106 g/mol. The lowest BCUT2D eigenvalue weighted by Gasteiger charge is -1.99. The van der Waals surface area contributed by atoms with E-state index in [9.17, 15) is 4.79 Å². The van der Waals surface area contributed by atoms with E-state index in [4.69, 9.17) is 5.11 Å². The first kappa shape index (κ1) is 7.43. The smallest absolute Gasteiger partial charge is 0.222 e. The quantitative estimate of drug-likeness (QED) is 0.512. The molecule has 1 atom stereocenters. The van der Waals surface area contributed by atoms with Gasteiger partial charge in [0.1, 0.15) is 0 Å². The van der Waals surface area contributed by atoms with Crippen molar-refractivity contribution < 1.29 is 9.90 Å². The van der Waals surface area contributed by atoms with Crippen LogP contribution in [-0.2, 0) is 4.79 Å². The van der Waals surface area contributed by atoms with E-state index >= 15 is 0 Å². The van der Waals surface area contributed by atoms with Crippen LogP contribution in [0.25, 0.3) is 0 Å². The van der Waals surface area contributed by atoms with Gasteiger partial charge in [-0.1, -0.05) is 0 Å². The van der Waals surface area contributed by atoms with Gasteiger partial charge in [0.05, 0.1) is 12.5 Å². The van der Waals surface area contributed by atoms with E-state index in [1.54, 1.807) is 14.0 Å². The van der Waals surface area contributed by atoms with Crippen molar-refractivity contribution in [2.24, 2.45) is 0 Å². The highest BCUT2D eigenvalue weighted by molar-refractivity contribution is 5.75. The van der Waals surface area contributed by atoms with Gasteiger partial charge in [-0.15, -0.1) is 0 Å². The molecule has 8 heavy (non-hydrogen) atoms. The minimum absolute atomic E-state index is 0.125. The monoisotopic (exact) mass is 117 g/mol. The lowest BCUT2D eigenvalue weighted by Crippen LogP contribution is -2.21. The van der Waals surface area contributed by atoms with Crippen molar-refractivity contribution in [1.82, 2.24) is 5.32 Å². The number of hydrogen-bond donors (Lipinski definition) is 2. The molecule has 0 bridgehead atoms. The molecule has 0 aliphatic carbocycles. The third-order valence-corrected chi connectivity index (χ3v) is 0.760. The molecule has 0 aromatic carbocycles. The molecule has 0 spiro atoms. The average molecular weight is 117 g/mol. The second-order valence-corrected chi connectivity index (χ2v) is 1.73. The molecule has 0 saturated heterocycles. The van der Waals surface area contributed by atoms with E-state index in [0.29, 0.717) is 0 Å². The van der Waals surface area contributed by atoms with Crippen molar-refractivity contribution >= 4 is 5.91 Å². The van der Waals surface area contributed by atoms with Crippen LogP contribution in [0.2, 0.25) is 0 Å². The maximum atomic E-state index is 10.4. The zero-order chi connectivity index (χ0) is 6.57. The van der Waals surface area contributed by atoms with Crippen LogP contribution in [0, 0.1) is 0 Å². The van der Waals surface area contributed by atoms with Gasteiger partial charge in [0.15, 0.2) is 0 Å². The summed E-state index contributed by atoms with van der Waals surface area (Å²) in [7, 11) is 1.55. The minimum Gasteiger partial charge on any atom is -0.393 e. The number of hydrogen-bond acceptors (Lipinski definition) is 2. The van der Waals surface area contributed by atoms with E-state index in [1.165, 1.54) is 0 Å². The Morgan fingerprint density at radius 2 is 2.38 bits per heavy atom. The molecule has 2 N–H and O–H groups in total.